The Bertz CT molecular complexity index is 530. The summed E-state index contributed by atoms with van der Waals surface area (Å²) in [6.07, 6.45) is 0.480. The first kappa shape index (κ1) is 15.3. The van der Waals surface area contributed by atoms with Crippen LogP contribution in [0.15, 0.2) is 29.3 Å². The van der Waals surface area contributed by atoms with Crippen molar-refractivity contribution in [1.82, 2.24) is 10.2 Å². The van der Waals surface area contributed by atoms with Gasteiger partial charge in [0.1, 0.15) is 0 Å². The summed E-state index contributed by atoms with van der Waals surface area (Å²) in [6.45, 7) is 4.65. The van der Waals surface area contributed by atoms with Gasteiger partial charge in [0, 0.05) is 25.2 Å². The van der Waals surface area contributed by atoms with E-state index in [2.05, 4.69) is 10.3 Å². The average Bonchev–Trinajstić information content (AvgIpc) is 2.90. The Hall–Kier alpha value is -2.08. The highest BCUT2D eigenvalue weighted by molar-refractivity contribution is 5.92. The standard InChI is InChI=1S/C15H22N4O2/c1-2-17-15(19-7-6-13(20)10-19)18-9-11-4-3-5-12(8-11)14(16)21/h3-5,8,13,20H,2,6-7,9-10H2,1H3,(H2,16,21)(H,17,18)/t13-/m1/s1. The number of rotatable bonds is 4. The molecule has 6 nitrogen and oxygen atoms in total. The van der Waals surface area contributed by atoms with Gasteiger partial charge in [0.05, 0.1) is 12.6 Å². The number of amides is 1. The maximum atomic E-state index is 11.2. The minimum absolute atomic E-state index is 0.285. The lowest BCUT2D eigenvalue weighted by atomic mass is 10.1. The predicted octanol–water partition coefficient (Wildman–Crippen LogP) is 0.318. The van der Waals surface area contributed by atoms with Crippen LogP contribution >= 0.6 is 0 Å². The third kappa shape index (κ3) is 4.19. The van der Waals surface area contributed by atoms with Crippen molar-refractivity contribution < 1.29 is 9.90 Å². The first-order chi connectivity index (χ1) is 10.1. The molecular formula is C15H22N4O2. The summed E-state index contributed by atoms with van der Waals surface area (Å²) in [5.74, 6) is 0.355. The van der Waals surface area contributed by atoms with Gasteiger partial charge in [-0.15, -0.1) is 0 Å². The number of nitrogens with two attached hydrogens (primary N) is 1. The topological polar surface area (TPSA) is 90.9 Å². The highest BCUT2D eigenvalue weighted by Crippen LogP contribution is 2.10. The Morgan fingerprint density at radius 2 is 2.38 bits per heavy atom. The highest BCUT2D eigenvalue weighted by Gasteiger charge is 2.22. The monoisotopic (exact) mass is 290 g/mol. The SMILES string of the molecule is CCNC(=NCc1cccc(C(N)=O)c1)N1CC[C@@H](O)C1. The van der Waals surface area contributed by atoms with Gasteiger partial charge >= 0.3 is 0 Å². The second-order valence-corrected chi connectivity index (χ2v) is 5.12. The Kier molecular flexibility index (Phi) is 5.16. The number of aliphatic hydroxyl groups is 1. The molecule has 1 aromatic rings. The minimum atomic E-state index is -0.435. The quantitative estimate of drug-likeness (QED) is 0.550. The van der Waals surface area contributed by atoms with E-state index >= 15 is 0 Å². The summed E-state index contributed by atoms with van der Waals surface area (Å²) < 4.78 is 0. The van der Waals surface area contributed by atoms with Crippen molar-refractivity contribution in [2.75, 3.05) is 19.6 Å². The average molecular weight is 290 g/mol. The van der Waals surface area contributed by atoms with Crippen LogP contribution in [0, 0.1) is 0 Å². The van der Waals surface area contributed by atoms with Gasteiger partial charge in [0.15, 0.2) is 5.96 Å². The van der Waals surface area contributed by atoms with Gasteiger partial charge in [-0.3, -0.25) is 4.79 Å². The zero-order valence-corrected chi connectivity index (χ0v) is 12.2. The molecular weight excluding hydrogens is 268 g/mol. The molecule has 21 heavy (non-hydrogen) atoms. The maximum absolute atomic E-state index is 11.2. The lowest BCUT2D eigenvalue weighted by Gasteiger charge is -2.20. The largest absolute Gasteiger partial charge is 0.391 e. The highest BCUT2D eigenvalue weighted by atomic mass is 16.3. The molecule has 114 valence electrons. The van der Waals surface area contributed by atoms with E-state index in [1.807, 2.05) is 17.9 Å². The number of β-amino-alcohol motifs (C(OH)–C–C–N with tert-alkyl or cyclic N) is 1. The number of carbonyl (C=O) groups is 1. The first-order valence-corrected chi connectivity index (χ1v) is 7.20. The van der Waals surface area contributed by atoms with Crippen LogP contribution in [-0.4, -0.2) is 47.6 Å². The fourth-order valence-electron chi connectivity index (χ4n) is 2.35. The van der Waals surface area contributed by atoms with Gasteiger partial charge in [-0.1, -0.05) is 12.1 Å². The van der Waals surface area contributed by atoms with Gasteiger partial charge < -0.3 is 21.1 Å². The molecule has 2 rings (SSSR count). The van der Waals surface area contributed by atoms with Gasteiger partial charge in [-0.2, -0.15) is 0 Å². The van der Waals surface area contributed by atoms with Gasteiger partial charge in [-0.05, 0) is 31.0 Å². The molecule has 0 aromatic heterocycles. The number of likely N-dealkylation sites (tertiary alicyclic amines) is 1. The van der Waals surface area contributed by atoms with Crippen molar-refractivity contribution in [3.8, 4) is 0 Å². The Balaban J connectivity index is 2.08. The molecule has 0 spiro atoms. The zero-order chi connectivity index (χ0) is 15.2. The van der Waals surface area contributed by atoms with E-state index in [9.17, 15) is 9.90 Å². The number of nitrogens with one attached hydrogen (secondary N) is 1. The van der Waals surface area contributed by atoms with Crippen molar-refractivity contribution in [3.05, 3.63) is 35.4 Å². The first-order valence-electron chi connectivity index (χ1n) is 7.20. The van der Waals surface area contributed by atoms with E-state index in [-0.39, 0.29) is 6.10 Å². The third-order valence-corrected chi connectivity index (χ3v) is 3.42. The van der Waals surface area contributed by atoms with Crippen LogP contribution in [-0.2, 0) is 6.54 Å². The van der Waals surface area contributed by atoms with E-state index in [1.165, 1.54) is 0 Å². The van der Waals surface area contributed by atoms with E-state index in [4.69, 9.17) is 5.73 Å². The van der Waals surface area contributed by atoms with Gasteiger partial charge in [-0.25, -0.2) is 4.99 Å². The summed E-state index contributed by atoms with van der Waals surface area (Å²) in [4.78, 5) is 17.8. The van der Waals surface area contributed by atoms with Crippen molar-refractivity contribution in [1.29, 1.82) is 0 Å². The van der Waals surface area contributed by atoms with E-state index < -0.39 is 5.91 Å². The number of aliphatic imine (C=N–C) groups is 1. The molecule has 0 saturated carbocycles. The van der Waals surface area contributed by atoms with Crippen molar-refractivity contribution in [2.45, 2.75) is 26.0 Å². The van der Waals surface area contributed by atoms with Crippen LogP contribution in [0.1, 0.15) is 29.3 Å². The molecule has 1 fully saturated rings. The van der Waals surface area contributed by atoms with Crippen LogP contribution < -0.4 is 11.1 Å². The summed E-state index contributed by atoms with van der Waals surface area (Å²) in [5, 5.41) is 12.8. The second-order valence-electron chi connectivity index (χ2n) is 5.12. The third-order valence-electron chi connectivity index (χ3n) is 3.42. The lowest BCUT2D eigenvalue weighted by Crippen LogP contribution is -2.40. The second kappa shape index (κ2) is 7.08. The molecule has 0 aliphatic carbocycles. The molecule has 1 aromatic carbocycles. The number of hydrogen-bond donors (Lipinski definition) is 3. The number of primary amides is 1. The molecule has 1 aliphatic heterocycles. The van der Waals surface area contributed by atoms with Crippen LogP contribution in [0.4, 0.5) is 0 Å². The summed E-state index contributed by atoms with van der Waals surface area (Å²) in [7, 11) is 0. The molecule has 1 saturated heterocycles. The Morgan fingerprint density at radius 3 is 3.00 bits per heavy atom. The lowest BCUT2D eigenvalue weighted by molar-refractivity contribution is 0.1000. The van der Waals surface area contributed by atoms with E-state index in [0.717, 1.165) is 31.0 Å². The molecule has 1 heterocycles. The molecule has 0 unspecified atom stereocenters. The Labute approximate surface area is 124 Å². The number of hydrogen-bond acceptors (Lipinski definition) is 3. The van der Waals surface area contributed by atoms with Crippen molar-refractivity contribution >= 4 is 11.9 Å². The molecule has 0 bridgehead atoms. The minimum Gasteiger partial charge on any atom is -0.391 e. The summed E-state index contributed by atoms with van der Waals surface area (Å²) in [6, 6.07) is 7.17. The van der Waals surface area contributed by atoms with Crippen LogP contribution in [0.2, 0.25) is 0 Å². The molecule has 1 aliphatic rings. The Morgan fingerprint density at radius 1 is 1.57 bits per heavy atom. The van der Waals surface area contributed by atoms with E-state index in [1.54, 1.807) is 18.2 Å². The predicted molar refractivity (Wildman–Crippen MR) is 82.0 cm³/mol. The number of guanidine groups is 1. The molecule has 4 N–H and O–H groups in total. The van der Waals surface area contributed by atoms with Crippen LogP contribution in [0.25, 0.3) is 0 Å². The molecule has 0 radical (unpaired) electrons. The molecule has 6 heteroatoms. The smallest absolute Gasteiger partial charge is 0.248 e. The summed E-state index contributed by atoms with van der Waals surface area (Å²) >= 11 is 0. The zero-order valence-electron chi connectivity index (χ0n) is 12.2. The van der Waals surface area contributed by atoms with Crippen molar-refractivity contribution in [2.24, 2.45) is 10.7 Å². The van der Waals surface area contributed by atoms with Gasteiger partial charge in [0.2, 0.25) is 5.91 Å². The number of aliphatic hydroxyl groups excluding tert-OH is 1. The van der Waals surface area contributed by atoms with Crippen LogP contribution in [0.3, 0.4) is 0 Å². The van der Waals surface area contributed by atoms with Crippen LogP contribution in [0.5, 0.6) is 0 Å². The number of benzene rings is 1. The van der Waals surface area contributed by atoms with Crippen molar-refractivity contribution in [3.63, 3.8) is 0 Å². The maximum Gasteiger partial charge on any atom is 0.248 e. The fourth-order valence-corrected chi connectivity index (χ4v) is 2.35. The molecule has 1 atom stereocenters. The van der Waals surface area contributed by atoms with E-state index in [0.29, 0.717) is 18.7 Å². The summed E-state index contributed by atoms with van der Waals surface area (Å²) in [5.41, 5.74) is 6.70. The van der Waals surface area contributed by atoms with Gasteiger partial charge in [0.25, 0.3) is 0 Å². The number of nitrogens with zero attached hydrogens (tertiary/aromatic N) is 2. The number of carbonyl (C=O) groups excluding carboxylic acids is 1. The normalized spacial score (nSPS) is 18.9. The fraction of sp³-hybridized carbons (Fsp3) is 0.467. The molecule has 1 amide bonds.